The first kappa shape index (κ1) is 15.4. The molecule has 1 heterocycles. The van der Waals surface area contributed by atoms with E-state index in [-0.39, 0.29) is 28.8 Å². The van der Waals surface area contributed by atoms with Gasteiger partial charge in [0.15, 0.2) is 0 Å². The highest BCUT2D eigenvalue weighted by atomic mass is 16.6. The molecular weight excluding hydrogens is 286 g/mol. The van der Waals surface area contributed by atoms with Gasteiger partial charge in [0.2, 0.25) is 5.95 Å². The van der Waals surface area contributed by atoms with Gasteiger partial charge in [-0.3, -0.25) is 14.9 Å². The number of nitrogens with zero attached hydrogens (tertiary/aromatic N) is 4. The number of anilines is 1. The molecule has 8 heteroatoms. The average Bonchev–Trinajstić information content (AvgIpc) is 2.45. The number of nitro benzene ring substituents is 1. The van der Waals surface area contributed by atoms with Crippen molar-refractivity contribution >= 4 is 17.5 Å². The molecule has 1 aromatic heterocycles. The lowest BCUT2D eigenvalue weighted by Gasteiger charge is -2.15. The zero-order chi connectivity index (χ0) is 16.4. The van der Waals surface area contributed by atoms with Gasteiger partial charge in [-0.15, -0.1) is 0 Å². The summed E-state index contributed by atoms with van der Waals surface area (Å²) in [4.78, 5) is 32.3. The van der Waals surface area contributed by atoms with Crippen molar-refractivity contribution in [2.24, 2.45) is 0 Å². The molecule has 0 radical (unpaired) electrons. The fourth-order valence-electron chi connectivity index (χ4n) is 2.05. The van der Waals surface area contributed by atoms with Gasteiger partial charge in [-0.25, -0.2) is 9.97 Å². The number of nitrogens with two attached hydrogens (primary N) is 1. The lowest BCUT2D eigenvalue weighted by Crippen LogP contribution is -2.24. The fourth-order valence-corrected chi connectivity index (χ4v) is 2.05. The summed E-state index contributed by atoms with van der Waals surface area (Å²) in [6, 6.07) is 5.90. The van der Waals surface area contributed by atoms with E-state index in [0.29, 0.717) is 11.3 Å². The SMILES string of the molecule is Cc1nc(N)nc(-c2cccc([N+](=O)[O-])c2)c1C(=O)N(C)C. The molecule has 0 aliphatic carbocycles. The number of hydrogen-bond acceptors (Lipinski definition) is 6. The Bertz CT molecular complexity index is 758. The third-order valence-electron chi connectivity index (χ3n) is 3.06. The Morgan fingerprint density at radius 3 is 2.59 bits per heavy atom. The monoisotopic (exact) mass is 301 g/mol. The Hall–Kier alpha value is -3.03. The summed E-state index contributed by atoms with van der Waals surface area (Å²) in [6.07, 6.45) is 0. The van der Waals surface area contributed by atoms with E-state index in [4.69, 9.17) is 5.73 Å². The molecule has 8 nitrogen and oxygen atoms in total. The zero-order valence-corrected chi connectivity index (χ0v) is 12.4. The van der Waals surface area contributed by atoms with Gasteiger partial charge in [-0.1, -0.05) is 12.1 Å². The summed E-state index contributed by atoms with van der Waals surface area (Å²) in [5.74, 6) is -0.284. The Morgan fingerprint density at radius 2 is 2.00 bits per heavy atom. The number of hydrogen-bond donors (Lipinski definition) is 1. The first-order chi connectivity index (χ1) is 10.3. The van der Waals surface area contributed by atoms with E-state index >= 15 is 0 Å². The van der Waals surface area contributed by atoms with Crippen LogP contribution in [0.5, 0.6) is 0 Å². The van der Waals surface area contributed by atoms with Crippen LogP contribution in [0.4, 0.5) is 11.6 Å². The average molecular weight is 301 g/mol. The maximum Gasteiger partial charge on any atom is 0.270 e. The van der Waals surface area contributed by atoms with Crippen molar-refractivity contribution in [3.05, 3.63) is 45.6 Å². The summed E-state index contributed by atoms with van der Waals surface area (Å²) in [5, 5.41) is 10.9. The van der Waals surface area contributed by atoms with Crippen LogP contribution in [0.2, 0.25) is 0 Å². The molecule has 114 valence electrons. The Morgan fingerprint density at radius 1 is 1.32 bits per heavy atom. The number of non-ortho nitro benzene ring substituents is 1. The van der Waals surface area contributed by atoms with Gasteiger partial charge in [0, 0.05) is 31.8 Å². The number of aromatic nitrogens is 2. The van der Waals surface area contributed by atoms with Crippen LogP contribution in [0.15, 0.2) is 24.3 Å². The second kappa shape index (κ2) is 5.76. The van der Waals surface area contributed by atoms with Crippen molar-refractivity contribution in [1.29, 1.82) is 0 Å². The van der Waals surface area contributed by atoms with Crippen molar-refractivity contribution in [3.8, 4) is 11.3 Å². The van der Waals surface area contributed by atoms with E-state index in [1.54, 1.807) is 27.1 Å². The standard InChI is InChI=1S/C14H15N5O3/c1-8-11(13(20)18(2)3)12(17-14(15)16-8)9-5-4-6-10(7-9)19(21)22/h4-7H,1-3H3,(H2,15,16,17). The summed E-state index contributed by atoms with van der Waals surface area (Å²) in [6.45, 7) is 1.65. The van der Waals surface area contributed by atoms with Crippen molar-refractivity contribution < 1.29 is 9.72 Å². The third kappa shape index (κ3) is 2.85. The van der Waals surface area contributed by atoms with E-state index in [2.05, 4.69) is 9.97 Å². The number of aryl methyl sites for hydroxylation is 1. The third-order valence-corrected chi connectivity index (χ3v) is 3.06. The molecule has 0 atom stereocenters. The Balaban J connectivity index is 2.71. The maximum atomic E-state index is 12.4. The zero-order valence-electron chi connectivity index (χ0n) is 12.4. The largest absolute Gasteiger partial charge is 0.368 e. The number of nitro groups is 1. The first-order valence-electron chi connectivity index (χ1n) is 6.42. The van der Waals surface area contributed by atoms with Gasteiger partial charge in [0.25, 0.3) is 11.6 Å². The molecule has 2 aromatic rings. The van der Waals surface area contributed by atoms with Crippen molar-refractivity contribution in [3.63, 3.8) is 0 Å². The van der Waals surface area contributed by atoms with E-state index in [1.165, 1.54) is 23.1 Å². The topological polar surface area (TPSA) is 115 Å². The summed E-state index contributed by atoms with van der Waals surface area (Å²) < 4.78 is 0. The van der Waals surface area contributed by atoms with Crippen molar-refractivity contribution in [2.75, 3.05) is 19.8 Å². The quantitative estimate of drug-likeness (QED) is 0.680. The highest BCUT2D eigenvalue weighted by Gasteiger charge is 2.21. The molecular formula is C14H15N5O3. The first-order valence-corrected chi connectivity index (χ1v) is 6.42. The van der Waals surface area contributed by atoms with E-state index in [1.807, 2.05) is 0 Å². The van der Waals surface area contributed by atoms with Crippen molar-refractivity contribution in [2.45, 2.75) is 6.92 Å². The molecule has 0 bridgehead atoms. The van der Waals surface area contributed by atoms with Gasteiger partial charge in [0.05, 0.1) is 21.9 Å². The summed E-state index contributed by atoms with van der Waals surface area (Å²) in [7, 11) is 3.21. The van der Waals surface area contributed by atoms with Gasteiger partial charge < -0.3 is 10.6 Å². The number of rotatable bonds is 3. The predicted octanol–water partition coefficient (Wildman–Crippen LogP) is 1.64. The normalized spacial score (nSPS) is 10.3. The minimum Gasteiger partial charge on any atom is -0.368 e. The van der Waals surface area contributed by atoms with Gasteiger partial charge in [0.1, 0.15) is 0 Å². The second-order valence-corrected chi connectivity index (χ2v) is 4.90. The van der Waals surface area contributed by atoms with Gasteiger partial charge in [-0.05, 0) is 6.92 Å². The highest BCUT2D eigenvalue weighted by Crippen LogP contribution is 2.28. The number of carbonyl (C=O) groups is 1. The van der Waals surface area contributed by atoms with Crippen LogP contribution in [-0.2, 0) is 0 Å². The molecule has 0 unspecified atom stereocenters. The van der Waals surface area contributed by atoms with Crippen LogP contribution < -0.4 is 5.73 Å². The maximum absolute atomic E-state index is 12.4. The van der Waals surface area contributed by atoms with Crippen LogP contribution in [-0.4, -0.2) is 39.8 Å². The molecule has 22 heavy (non-hydrogen) atoms. The molecule has 2 rings (SSSR count). The summed E-state index contributed by atoms with van der Waals surface area (Å²) in [5.41, 5.74) is 7.00. The van der Waals surface area contributed by atoms with E-state index in [9.17, 15) is 14.9 Å². The van der Waals surface area contributed by atoms with Crippen LogP contribution in [0.1, 0.15) is 16.1 Å². The van der Waals surface area contributed by atoms with Crippen molar-refractivity contribution in [1.82, 2.24) is 14.9 Å². The molecule has 0 aliphatic rings. The minimum atomic E-state index is -0.506. The van der Waals surface area contributed by atoms with E-state index < -0.39 is 4.92 Å². The molecule has 0 aliphatic heterocycles. The van der Waals surface area contributed by atoms with Crippen LogP contribution in [0.3, 0.4) is 0 Å². The molecule has 0 fully saturated rings. The lowest BCUT2D eigenvalue weighted by atomic mass is 10.0. The predicted molar refractivity (Wildman–Crippen MR) is 81.3 cm³/mol. The molecule has 2 N–H and O–H groups in total. The number of amides is 1. The van der Waals surface area contributed by atoms with Gasteiger partial charge >= 0.3 is 0 Å². The second-order valence-electron chi connectivity index (χ2n) is 4.90. The van der Waals surface area contributed by atoms with Crippen LogP contribution in [0, 0.1) is 17.0 Å². The molecule has 1 amide bonds. The van der Waals surface area contributed by atoms with Gasteiger partial charge in [-0.2, -0.15) is 0 Å². The van der Waals surface area contributed by atoms with E-state index in [0.717, 1.165) is 0 Å². The number of benzene rings is 1. The highest BCUT2D eigenvalue weighted by molar-refractivity contribution is 6.01. The number of nitrogen functional groups attached to an aromatic ring is 1. The van der Waals surface area contributed by atoms with Crippen LogP contribution >= 0.6 is 0 Å². The Labute approximate surface area is 126 Å². The Kier molecular flexibility index (Phi) is 4.02. The fraction of sp³-hybridized carbons (Fsp3) is 0.214. The number of carbonyl (C=O) groups excluding carboxylic acids is 1. The lowest BCUT2D eigenvalue weighted by molar-refractivity contribution is -0.384. The minimum absolute atomic E-state index is 0.00862. The molecule has 0 saturated carbocycles. The molecule has 0 saturated heterocycles. The van der Waals surface area contributed by atoms with Crippen LogP contribution in [0.25, 0.3) is 11.3 Å². The smallest absolute Gasteiger partial charge is 0.270 e. The molecule has 0 spiro atoms. The molecule has 1 aromatic carbocycles. The summed E-state index contributed by atoms with van der Waals surface area (Å²) >= 11 is 0.